The van der Waals surface area contributed by atoms with E-state index in [1.165, 1.54) is 10.7 Å². The molecule has 0 unspecified atom stereocenters. The summed E-state index contributed by atoms with van der Waals surface area (Å²) in [6.07, 6.45) is 1.69. The summed E-state index contributed by atoms with van der Waals surface area (Å²) in [5, 5.41) is 5.70. The summed E-state index contributed by atoms with van der Waals surface area (Å²) in [4.78, 5) is 30.2. The minimum Gasteiger partial charge on any atom is -0.366 e. The van der Waals surface area contributed by atoms with Gasteiger partial charge in [0.25, 0.3) is 5.56 Å². The van der Waals surface area contributed by atoms with Crippen molar-refractivity contribution in [3.8, 4) is 5.69 Å². The maximum atomic E-state index is 14.1. The molecule has 0 N–H and O–H groups in total. The van der Waals surface area contributed by atoms with Crippen LogP contribution in [0.4, 0.5) is 10.1 Å². The van der Waals surface area contributed by atoms with E-state index in [9.17, 15) is 14.0 Å². The van der Waals surface area contributed by atoms with Crippen molar-refractivity contribution >= 4 is 22.4 Å². The van der Waals surface area contributed by atoms with Crippen LogP contribution >= 0.6 is 0 Å². The molecule has 2 aromatic heterocycles. The fraction of sp³-hybridized carbons (Fsp3) is 0.269. The van der Waals surface area contributed by atoms with Crippen LogP contribution in [0.5, 0.6) is 0 Å². The number of fused-ring (bicyclic) bond motifs is 1. The Morgan fingerprint density at radius 2 is 1.62 bits per heavy atom. The van der Waals surface area contributed by atoms with E-state index < -0.39 is 0 Å². The second-order valence-corrected chi connectivity index (χ2v) is 8.56. The van der Waals surface area contributed by atoms with Crippen LogP contribution in [-0.4, -0.2) is 51.3 Å². The van der Waals surface area contributed by atoms with Crippen LogP contribution in [0, 0.1) is 19.7 Å². The van der Waals surface area contributed by atoms with Gasteiger partial charge in [-0.05, 0) is 38.1 Å². The maximum absolute atomic E-state index is 14.1. The van der Waals surface area contributed by atoms with E-state index in [0.717, 1.165) is 16.8 Å². The lowest BCUT2D eigenvalue weighted by molar-refractivity contribution is -0.132. The van der Waals surface area contributed by atoms with Crippen molar-refractivity contribution in [1.29, 1.82) is 0 Å². The average Bonchev–Trinajstić information content (AvgIpc) is 3.10. The number of aromatic nitrogens is 3. The highest BCUT2D eigenvalue weighted by Crippen LogP contribution is 2.24. The molecule has 1 amide bonds. The van der Waals surface area contributed by atoms with E-state index in [1.54, 1.807) is 23.2 Å². The van der Waals surface area contributed by atoms with Gasteiger partial charge in [0.05, 0.1) is 23.0 Å². The standard InChI is InChI=1S/C26H26FN5O2/c1-18-21-16-28-32(20-8-4-3-5-9-20)26(34)25(21)19(2)31(18)17-24(33)30-14-12-29(13-15-30)23-11-7-6-10-22(23)27/h3-11,16H,12-15,17H2,1-2H3. The van der Waals surface area contributed by atoms with Gasteiger partial charge in [-0.1, -0.05) is 30.3 Å². The summed E-state index contributed by atoms with van der Waals surface area (Å²) in [6.45, 7) is 6.12. The number of amides is 1. The second-order valence-electron chi connectivity index (χ2n) is 8.56. The average molecular weight is 460 g/mol. The van der Waals surface area contributed by atoms with Crippen LogP contribution in [0.3, 0.4) is 0 Å². The van der Waals surface area contributed by atoms with Crippen molar-refractivity contribution < 1.29 is 9.18 Å². The minimum atomic E-state index is -0.248. The third-order valence-corrected chi connectivity index (χ3v) is 6.66. The number of carbonyl (C=O) groups excluding carboxylic acids is 1. The molecule has 0 spiro atoms. The molecule has 0 aliphatic carbocycles. The predicted octanol–water partition coefficient (Wildman–Crippen LogP) is 3.29. The molecule has 3 heterocycles. The zero-order valence-electron chi connectivity index (χ0n) is 19.2. The Morgan fingerprint density at radius 1 is 0.941 bits per heavy atom. The van der Waals surface area contributed by atoms with Gasteiger partial charge in [0, 0.05) is 43.0 Å². The van der Waals surface area contributed by atoms with Gasteiger partial charge in [0.15, 0.2) is 0 Å². The molecule has 5 rings (SSSR count). The molecule has 1 saturated heterocycles. The van der Waals surface area contributed by atoms with Crippen LogP contribution in [0.2, 0.25) is 0 Å². The molecule has 4 aromatic rings. The quantitative estimate of drug-likeness (QED) is 0.470. The Hall–Kier alpha value is -3.94. The minimum absolute atomic E-state index is 0.0176. The summed E-state index contributed by atoms with van der Waals surface area (Å²) in [5.41, 5.74) is 2.66. The van der Waals surface area contributed by atoms with E-state index in [2.05, 4.69) is 5.10 Å². The lowest BCUT2D eigenvalue weighted by Crippen LogP contribution is -2.50. The van der Waals surface area contributed by atoms with Crippen LogP contribution in [0.25, 0.3) is 16.5 Å². The first-order valence-electron chi connectivity index (χ1n) is 11.4. The molecule has 1 fully saturated rings. The normalized spacial score (nSPS) is 14.1. The van der Waals surface area contributed by atoms with E-state index in [4.69, 9.17) is 0 Å². The van der Waals surface area contributed by atoms with Crippen molar-refractivity contribution in [2.24, 2.45) is 0 Å². The van der Waals surface area contributed by atoms with Gasteiger partial charge in [-0.25, -0.2) is 4.39 Å². The summed E-state index contributed by atoms with van der Waals surface area (Å²) >= 11 is 0. The number of hydrogen-bond donors (Lipinski definition) is 0. The predicted molar refractivity (Wildman–Crippen MR) is 130 cm³/mol. The SMILES string of the molecule is Cc1c2cnn(-c3ccccc3)c(=O)c2c(C)n1CC(=O)N1CCN(c2ccccc2F)CC1. The molecule has 0 bridgehead atoms. The van der Waals surface area contributed by atoms with Crippen molar-refractivity contribution in [3.63, 3.8) is 0 Å². The Morgan fingerprint density at radius 3 is 2.32 bits per heavy atom. The van der Waals surface area contributed by atoms with Crippen LogP contribution < -0.4 is 10.5 Å². The van der Waals surface area contributed by atoms with E-state index in [-0.39, 0.29) is 23.8 Å². The topological polar surface area (TPSA) is 63.4 Å². The van der Waals surface area contributed by atoms with E-state index in [0.29, 0.717) is 42.9 Å². The zero-order valence-corrected chi connectivity index (χ0v) is 19.2. The number of hydrogen-bond acceptors (Lipinski definition) is 4. The molecule has 8 heteroatoms. The maximum Gasteiger partial charge on any atom is 0.281 e. The number of para-hydroxylation sites is 2. The number of nitrogens with zero attached hydrogens (tertiary/aromatic N) is 5. The summed E-state index contributed by atoms with van der Waals surface area (Å²) in [5.74, 6) is -0.265. The number of carbonyl (C=O) groups is 1. The van der Waals surface area contributed by atoms with Crippen LogP contribution in [-0.2, 0) is 11.3 Å². The fourth-order valence-electron chi connectivity index (χ4n) is 4.74. The monoisotopic (exact) mass is 459 g/mol. The van der Waals surface area contributed by atoms with Crippen molar-refractivity contribution in [2.45, 2.75) is 20.4 Å². The molecule has 1 aliphatic heterocycles. The first-order chi connectivity index (χ1) is 16.5. The number of piperazine rings is 1. The van der Waals surface area contributed by atoms with Crippen LogP contribution in [0.15, 0.2) is 65.6 Å². The highest BCUT2D eigenvalue weighted by atomic mass is 19.1. The van der Waals surface area contributed by atoms with Gasteiger partial charge in [-0.2, -0.15) is 9.78 Å². The lowest BCUT2D eigenvalue weighted by atomic mass is 10.2. The van der Waals surface area contributed by atoms with Crippen LogP contribution in [0.1, 0.15) is 11.4 Å². The number of benzene rings is 2. The molecule has 1 aliphatic rings. The molecule has 7 nitrogen and oxygen atoms in total. The van der Waals surface area contributed by atoms with Gasteiger partial charge < -0.3 is 14.4 Å². The molecule has 34 heavy (non-hydrogen) atoms. The number of aryl methyl sites for hydroxylation is 2. The molecule has 0 saturated carbocycles. The molecular formula is C26H26FN5O2. The second kappa shape index (κ2) is 8.78. The van der Waals surface area contributed by atoms with Crippen molar-refractivity contribution in [3.05, 3.63) is 88.4 Å². The molecule has 2 aromatic carbocycles. The summed E-state index contributed by atoms with van der Waals surface area (Å²) < 4.78 is 17.4. The first kappa shape index (κ1) is 21.9. The lowest BCUT2D eigenvalue weighted by Gasteiger charge is -2.36. The number of halogens is 1. The third-order valence-electron chi connectivity index (χ3n) is 6.66. The Balaban J connectivity index is 1.37. The van der Waals surface area contributed by atoms with E-state index >= 15 is 0 Å². The molecule has 174 valence electrons. The molecule has 0 atom stereocenters. The zero-order chi connectivity index (χ0) is 23.8. The highest BCUT2D eigenvalue weighted by molar-refractivity contribution is 5.88. The van der Waals surface area contributed by atoms with E-state index in [1.807, 2.05) is 59.7 Å². The van der Waals surface area contributed by atoms with Crippen molar-refractivity contribution in [1.82, 2.24) is 19.2 Å². The van der Waals surface area contributed by atoms with Gasteiger partial charge in [0.1, 0.15) is 12.4 Å². The summed E-state index contributed by atoms with van der Waals surface area (Å²) in [6, 6.07) is 16.0. The van der Waals surface area contributed by atoms with Gasteiger partial charge in [0.2, 0.25) is 5.91 Å². The van der Waals surface area contributed by atoms with Gasteiger partial charge in [-0.3, -0.25) is 9.59 Å². The molecular weight excluding hydrogens is 433 g/mol. The third kappa shape index (κ3) is 3.75. The highest BCUT2D eigenvalue weighted by Gasteiger charge is 2.25. The Labute approximate surface area is 196 Å². The molecule has 0 radical (unpaired) electrons. The largest absolute Gasteiger partial charge is 0.366 e. The van der Waals surface area contributed by atoms with Gasteiger partial charge >= 0.3 is 0 Å². The number of anilines is 1. The van der Waals surface area contributed by atoms with Gasteiger partial charge in [-0.15, -0.1) is 0 Å². The van der Waals surface area contributed by atoms with Crippen molar-refractivity contribution in [2.75, 3.05) is 31.1 Å². The Bertz CT molecular complexity index is 1420. The summed E-state index contributed by atoms with van der Waals surface area (Å²) in [7, 11) is 0. The smallest absolute Gasteiger partial charge is 0.281 e. The Kier molecular flexibility index (Phi) is 5.65. The number of rotatable bonds is 4. The fourth-order valence-corrected chi connectivity index (χ4v) is 4.74. The first-order valence-corrected chi connectivity index (χ1v) is 11.4.